The summed E-state index contributed by atoms with van der Waals surface area (Å²) in [4.78, 5) is 11.1. The van der Waals surface area contributed by atoms with E-state index in [0.717, 1.165) is 29.0 Å². The van der Waals surface area contributed by atoms with E-state index >= 15 is 0 Å². The summed E-state index contributed by atoms with van der Waals surface area (Å²) in [6.45, 7) is 4.14. The van der Waals surface area contributed by atoms with Crippen LogP contribution in [0.1, 0.15) is 33.1 Å². The van der Waals surface area contributed by atoms with Crippen LogP contribution in [0.3, 0.4) is 0 Å². The first kappa shape index (κ1) is 21.5. The minimum atomic E-state index is -2.81. The minimum Gasteiger partial charge on any atom is -0.481 e. The van der Waals surface area contributed by atoms with Crippen LogP contribution in [-0.4, -0.2) is 29.4 Å². The second kappa shape index (κ2) is 9.56. The molecule has 0 saturated carbocycles. The molecular weight excluding hydrogens is 383 g/mol. The number of benzene rings is 2. The fraction of sp³-hybridized carbons (Fsp3) is 0.375. The molecule has 3 atom stereocenters. The molecule has 0 spiro atoms. The first-order valence-electron chi connectivity index (χ1n) is 10.1. The molecule has 1 aliphatic rings. The lowest BCUT2D eigenvalue weighted by Crippen LogP contribution is -2.36. The molecule has 3 rings (SSSR count). The Kier molecular flexibility index (Phi) is 7.10. The van der Waals surface area contributed by atoms with Crippen molar-refractivity contribution in [2.45, 2.75) is 45.3 Å². The molecule has 0 amide bonds. The maximum atomic E-state index is 14.1. The van der Waals surface area contributed by atoms with Gasteiger partial charge < -0.3 is 14.4 Å². The normalized spacial score (nSPS) is 23.0. The van der Waals surface area contributed by atoms with Gasteiger partial charge in [-0.05, 0) is 31.3 Å². The van der Waals surface area contributed by atoms with Crippen LogP contribution >= 0.6 is 7.14 Å². The summed E-state index contributed by atoms with van der Waals surface area (Å²) in [5, 5.41) is 10.8. The molecule has 4 nitrogen and oxygen atoms in total. The molecule has 0 radical (unpaired) electrons. The van der Waals surface area contributed by atoms with Crippen molar-refractivity contribution in [3.05, 3.63) is 72.3 Å². The zero-order chi connectivity index (χ0) is 20.9. The molecule has 0 bridgehead atoms. The highest BCUT2D eigenvalue weighted by Gasteiger charge is 2.32. The molecule has 29 heavy (non-hydrogen) atoms. The predicted octanol–water partition coefficient (Wildman–Crippen LogP) is 4.61. The predicted molar refractivity (Wildman–Crippen MR) is 118 cm³/mol. The Bertz CT molecular complexity index is 848. The lowest BCUT2D eigenvalue weighted by Gasteiger charge is -2.35. The van der Waals surface area contributed by atoms with Crippen molar-refractivity contribution in [1.82, 2.24) is 0 Å². The van der Waals surface area contributed by atoms with E-state index in [1.807, 2.05) is 73.7 Å². The summed E-state index contributed by atoms with van der Waals surface area (Å²) in [5.74, 6) is -0.522. The summed E-state index contributed by atoms with van der Waals surface area (Å²) in [6.07, 6.45) is 3.80. The number of hydrogen-bond acceptors (Lipinski definition) is 3. The van der Waals surface area contributed by atoms with Gasteiger partial charge in [-0.3, -0.25) is 4.79 Å². The van der Waals surface area contributed by atoms with E-state index in [1.54, 1.807) is 0 Å². The number of ether oxygens (including phenoxy) is 1. The van der Waals surface area contributed by atoms with Gasteiger partial charge in [0, 0.05) is 16.8 Å². The van der Waals surface area contributed by atoms with Gasteiger partial charge in [0.1, 0.15) is 7.14 Å². The molecule has 1 aliphatic heterocycles. The number of rotatable bonds is 7. The zero-order valence-corrected chi connectivity index (χ0v) is 17.9. The molecule has 2 aromatic rings. The van der Waals surface area contributed by atoms with Gasteiger partial charge in [-0.15, -0.1) is 0 Å². The van der Waals surface area contributed by atoms with E-state index in [-0.39, 0.29) is 18.6 Å². The smallest absolute Gasteiger partial charge is 0.305 e. The average Bonchev–Trinajstić information content (AvgIpc) is 2.74. The second-order valence-electron chi connectivity index (χ2n) is 7.87. The van der Waals surface area contributed by atoms with Crippen LogP contribution in [0.25, 0.3) is 0 Å². The van der Waals surface area contributed by atoms with Crippen molar-refractivity contribution in [2.75, 3.05) is 6.16 Å². The Labute approximate surface area is 173 Å². The van der Waals surface area contributed by atoms with E-state index in [9.17, 15) is 9.36 Å². The lowest BCUT2D eigenvalue weighted by atomic mass is 9.88. The summed E-state index contributed by atoms with van der Waals surface area (Å²) in [6, 6.07) is 19.3. The van der Waals surface area contributed by atoms with Crippen molar-refractivity contribution >= 4 is 23.7 Å². The quantitative estimate of drug-likeness (QED) is 0.533. The van der Waals surface area contributed by atoms with Gasteiger partial charge in [-0.25, -0.2) is 0 Å². The summed E-state index contributed by atoms with van der Waals surface area (Å²) in [7, 11) is -2.81. The van der Waals surface area contributed by atoms with E-state index in [4.69, 9.17) is 9.84 Å². The van der Waals surface area contributed by atoms with Crippen LogP contribution in [0.15, 0.2) is 72.3 Å². The SMILES string of the molecule is C/C(=C\CP(=O)(c1ccccc1)c1ccccc1)[C@H]1O[C@@H](CC(=O)O)CC[C@@H]1C. The number of carbonyl (C=O) groups is 1. The third kappa shape index (κ3) is 5.26. The van der Waals surface area contributed by atoms with Gasteiger partial charge in [0.2, 0.25) is 0 Å². The van der Waals surface area contributed by atoms with E-state index < -0.39 is 13.1 Å². The minimum absolute atomic E-state index is 0.0308. The standard InChI is InChI=1S/C24H29O4P/c1-18-13-14-20(17-23(25)26)28-24(18)19(2)15-16-29(27,21-9-5-3-6-10-21)22-11-7-4-8-12-22/h3-12,15,18,20,24H,13-14,16-17H2,1-2H3,(H,25,26)/b19-15+/t18-,20+,24-/m0/s1. The largest absolute Gasteiger partial charge is 0.481 e. The molecule has 1 fully saturated rings. The van der Waals surface area contributed by atoms with E-state index in [2.05, 4.69) is 6.92 Å². The van der Waals surface area contributed by atoms with E-state index in [1.165, 1.54) is 0 Å². The van der Waals surface area contributed by atoms with Crippen LogP contribution in [-0.2, 0) is 14.1 Å². The maximum absolute atomic E-state index is 14.1. The van der Waals surface area contributed by atoms with Gasteiger partial charge >= 0.3 is 5.97 Å². The molecule has 1 saturated heterocycles. The first-order chi connectivity index (χ1) is 13.9. The number of carboxylic acid groups (broad SMARTS) is 1. The Morgan fingerprint density at radius 1 is 1.07 bits per heavy atom. The summed E-state index contributed by atoms with van der Waals surface area (Å²) < 4.78 is 20.2. The molecule has 1 N–H and O–H groups in total. The van der Waals surface area contributed by atoms with Crippen molar-refractivity contribution < 1.29 is 19.2 Å². The third-order valence-corrected chi connectivity index (χ3v) is 8.63. The molecular formula is C24H29O4P. The highest BCUT2D eigenvalue weighted by atomic mass is 31.2. The number of aliphatic carboxylic acids is 1. The fourth-order valence-electron chi connectivity index (χ4n) is 4.00. The summed E-state index contributed by atoms with van der Waals surface area (Å²) >= 11 is 0. The highest BCUT2D eigenvalue weighted by Crippen LogP contribution is 2.44. The molecule has 0 aromatic heterocycles. The van der Waals surface area contributed by atoms with Gasteiger partial charge in [0.25, 0.3) is 0 Å². The van der Waals surface area contributed by atoms with E-state index in [0.29, 0.717) is 12.1 Å². The maximum Gasteiger partial charge on any atom is 0.305 e. The van der Waals surface area contributed by atoms with Crippen LogP contribution < -0.4 is 10.6 Å². The number of carboxylic acids is 1. The van der Waals surface area contributed by atoms with Crippen molar-refractivity contribution in [1.29, 1.82) is 0 Å². The number of allylic oxidation sites excluding steroid dienone is 1. The topological polar surface area (TPSA) is 63.6 Å². The Hall–Kier alpha value is -2.16. The first-order valence-corrected chi connectivity index (χ1v) is 12.0. The van der Waals surface area contributed by atoms with Crippen LogP contribution in [0.5, 0.6) is 0 Å². The second-order valence-corrected chi connectivity index (χ2v) is 10.8. The van der Waals surface area contributed by atoms with Gasteiger partial charge in [0.15, 0.2) is 0 Å². The number of hydrogen-bond donors (Lipinski definition) is 1. The molecule has 1 heterocycles. The monoisotopic (exact) mass is 412 g/mol. The van der Waals surface area contributed by atoms with Gasteiger partial charge in [-0.1, -0.05) is 73.7 Å². The molecule has 0 unspecified atom stereocenters. The van der Waals surface area contributed by atoms with Crippen molar-refractivity contribution in [2.24, 2.45) is 5.92 Å². The summed E-state index contributed by atoms with van der Waals surface area (Å²) in [5.41, 5.74) is 1.03. The van der Waals surface area contributed by atoms with Crippen LogP contribution in [0.2, 0.25) is 0 Å². The Morgan fingerprint density at radius 2 is 1.62 bits per heavy atom. The lowest BCUT2D eigenvalue weighted by molar-refractivity contribution is -0.143. The van der Waals surface area contributed by atoms with Gasteiger partial charge in [0.05, 0.1) is 18.6 Å². The van der Waals surface area contributed by atoms with Crippen molar-refractivity contribution in [3.63, 3.8) is 0 Å². The molecule has 2 aromatic carbocycles. The average molecular weight is 412 g/mol. The fourth-order valence-corrected chi connectivity index (χ4v) is 6.57. The molecule has 154 valence electrons. The van der Waals surface area contributed by atoms with Crippen molar-refractivity contribution in [3.8, 4) is 0 Å². The van der Waals surface area contributed by atoms with Crippen LogP contribution in [0, 0.1) is 5.92 Å². The van der Waals surface area contributed by atoms with Gasteiger partial charge in [-0.2, -0.15) is 0 Å². The third-order valence-electron chi connectivity index (χ3n) is 5.67. The zero-order valence-electron chi connectivity index (χ0n) is 17.0. The highest BCUT2D eigenvalue weighted by molar-refractivity contribution is 7.78. The molecule has 0 aliphatic carbocycles. The molecule has 5 heteroatoms. The Balaban J connectivity index is 1.85. The van der Waals surface area contributed by atoms with Crippen LogP contribution in [0.4, 0.5) is 0 Å². The Morgan fingerprint density at radius 3 is 2.14 bits per heavy atom.